The quantitative estimate of drug-likeness (QED) is 0.401. The van der Waals surface area contributed by atoms with Crippen molar-refractivity contribution in [3.05, 3.63) is 112 Å². The minimum Gasteiger partial charge on any atom is -0.245 e. The van der Waals surface area contributed by atoms with Crippen molar-refractivity contribution in [1.82, 2.24) is 4.98 Å². The van der Waals surface area contributed by atoms with Gasteiger partial charge < -0.3 is 0 Å². The fraction of sp³-hybridized carbons (Fsp3) is 0.125. The largest absolute Gasteiger partial charge is 0.245 e. The van der Waals surface area contributed by atoms with Crippen LogP contribution in [0.5, 0.6) is 0 Å². The van der Waals surface area contributed by atoms with Crippen LogP contribution >= 0.6 is 11.3 Å². The van der Waals surface area contributed by atoms with Gasteiger partial charge in [-0.3, -0.25) is 0 Å². The predicted octanol–water partition coefficient (Wildman–Crippen LogP) is 6.61. The van der Waals surface area contributed by atoms with Gasteiger partial charge in [0.25, 0.3) is 0 Å². The molecule has 3 aromatic carbocycles. The third-order valence-corrected chi connectivity index (χ3v) is 5.65. The second-order valence-electron chi connectivity index (χ2n) is 6.57. The monoisotopic (exact) mass is 355 g/mol. The van der Waals surface area contributed by atoms with Crippen LogP contribution in [-0.2, 0) is 0 Å². The Kier molecular flexibility index (Phi) is 4.68. The summed E-state index contributed by atoms with van der Waals surface area (Å²) < 4.78 is 0. The molecule has 1 aromatic heterocycles. The summed E-state index contributed by atoms with van der Waals surface area (Å²) in [7, 11) is 0. The average Bonchev–Trinajstić information content (AvgIpc) is 3.06. The minimum atomic E-state index is 0.136. The van der Waals surface area contributed by atoms with Crippen molar-refractivity contribution < 1.29 is 0 Å². The third-order valence-electron chi connectivity index (χ3n) is 4.61. The molecule has 0 saturated heterocycles. The van der Waals surface area contributed by atoms with Crippen molar-refractivity contribution in [3.8, 4) is 10.4 Å². The minimum absolute atomic E-state index is 0.136. The Hall–Kier alpha value is -2.71. The van der Waals surface area contributed by atoms with Crippen LogP contribution < -0.4 is 0 Å². The summed E-state index contributed by atoms with van der Waals surface area (Å²) in [5.41, 5.74) is 6.22. The molecule has 0 saturated carbocycles. The van der Waals surface area contributed by atoms with Gasteiger partial charge >= 0.3 is 0 Å². The third kappa shape index (κ3) is 3.33. The summed E-state index contributed by atoms with van der Waals surface area (Å²) in [6, 6.07) is 30.1. The maximum Gasteiger partial charge on any atom is 0.0904 e. The molecule has 0 aliphatic rings. The van der Waals surface area contributed by atoms with Crippen LogP contribution in [0.25, 0.3) is 10.4 Å². The van der Waals surface area contributed by atoms with Gasteiger partial charge in [0.1, 0.15) is 0 Å². The summed E-state index contributed by atoms with van der Waals surface area (Å²) in [6.45, 7) is 4.22. The summed E-state index contributed by atoms with van der Waals surface area (Å²) in [4.78, 5) is 6.24. The van der Waals surface area contributed by atoms with Gasteiger partial charge in [-0.15, -0.1) is 11.3 Å². The molecule has 0 aliphatic carbocycles. The van der Waals surface area contributed by atoms with Crippen LogP contribution in [0.2, 0.25) is 0 Å². The molecular weight excluding hydrogens is 334 g/mol. The maximum absolute atomic E-state index is 4.98. The summed E-state index contributed by atoms with van der Waals surface area (Å²) in [5, 5.41) is 1.10. The molecule has 0 aliphatic heterocycles. The molecular formula is C24H21NS. The number of aryl methyl sites for hydroxylation is 2. The predicted molar refractivity (Wildman–Crippen MR) is 111 cm³/mol. The van der Waals surface area contributed by atoms with E-state index in [1.165, 1.54) is 27.1 Å². The van der Waals surface area contributed by atoms with E-state index in [2.05, 4.69) is 98.8 Å². The molecule has 0 spiro atoms. The Morgan fingerprint density at radius 2 is 1.27 bits per heavy atom. The highest BCUT2D eigenvalue weighted by molar-refractivity contribution is 7.15. The second-order valence-corrected chi connectivity index (χ2v) is 7.77. The Labute approximate surface area is 159 Å². The molecule has 0 radical (unpaired) electrons. The van der Waals surface area contributed by atoms with E-state index in [1.54, 1.807) is 11.3 Å². The fourth-order valence-electron chi connectivity index (χ4n) is 3.35. The zero-order valence-electron chi connectivity index (χ0n) is 15.0. The number of hydrogen-bond donors (Lipinski definition) is 0. The number of nitrogens with zero attached hydrogens (tertiary/aromatic N) is 1. The zero-order valence-corrected chi connectivity index (χ0v) is 15.8. The molecule has 1 unspecified atom stereocenters. The van der Waals surface area contributed by atoms with Crippen LogP contribution in [0.4, 0.5) is 0 Å². The Morgan fingerprint density at radius 1 is 0.692 bits per heavy atom. The highest BCUT2D eigenvalue weighted by Gasteiger charge is 2.24. The molecule has 0 N–H and O–H groups in total. The van der Waals surface area contributed by atoms with Gasteiger partial charge in [0.2, 0.25) is 0 Å². The Balaban J connectivity index is 1.92. The first-order valence-corrected chi connectivity index (χ1v) is 9.68. The van der Waals surface area contributed by atoms with E-state index < -0.39 is 0 Å². The second kappa shape index (κ2) is 7.27. The molecule has 2 heteroatoms. The van der Waals surface area contributed by atoms with Crippen LogP contribution in [-0.4, -0.2) is 4.98 Å². The van der Waals surface area contributed by atoms with E-state index in [9.17, 15) is 0 Å². The van der Waals surface area contributed by atoms with Gasteiger partial charge in [0, 0.05) is 0 Å². The fourth-order valence-corrected chi connectivity index (χ4v) is 4.31. The molecule has 1 nitrogen and oxygen atoms in total. The van der Waals surface area contributed by atoms with E-state index in [4.69, 9.17) is 4.98 Å². The molecule has 1 atom stereocenters. The van der Waals surface area contributed by atoms with Gasteiger partial charge in [0.05, 0.1) is 21.5 Å². The smallest absolute Gasteiger partial charge is 0.0904 e. The first kappa shape index (κ1) is 16.7. The first-order chi connectivity index (χ1) is 12.7. The average molecular weight is 356 g/mol. The van der Waals surface area contributed by atoms with Crippen molar-refractivity contribution in [2.45, 2.75) is 19.8 Å². The number of hydrogen-bond acceptors (Lipinski definition) is 2. The van der Waals surface area contributed by atoms with Crippen molar-refractivity contribution in [3.63, 3.8) is 0 Å². The molecule has 1 heterocycles. The van der Waals surface area contributed by atoms with E-state index in [0.29, 0.717) is 0 Å². The van der Waals surface area contributed by atoms with Crippen molar-refractivity contribution in [2.24, 2.45) is 0 Å². The SMILES string of the molecule is Cc1ccc(C(c2ccccc2)c2nc(C)sc2-c2ccccc2)cc1. The van der Waals surface area contributed by atoms with E-state index in [1.807, 2.05) is 0 Å². The maximum atomic E-state index is 4.98. The van der Waals surface area contributed by atoms with Crippen LogP contribution in [0.15, 0.2) is 84.9 Å². The molecule has 4 rings (SSSR count). The lowest BCUT2D eigenvalue weighted by molar-refractivity contribution is 0.927. The lowest BCUT2D eigenvalue weighted by atomic mass is 9.87. The standard InChI is InChI=1S/C24H21NS/c1-17-13-15-20(16-14-17)22(19-9-5-3-6-10-19)23-24(26-18(2)25-23)21-11-7-4-8-12-21/h3-16,22H,1-2H3. The van der Waals surface area contributed by atoms with Gasteiger partial charge in [-0.2, -0.15) is 0 Å². The topological polar surface area (TPSA) is 12.9 Å². The number of benzene rings is 3. The molecule has 0 fully saturated rings. The van der Waals surface area contributed by atoms with Gasteiger partial charge in [-0.05, 0) is 30.5 Å². The summed E-state index contributed by atoms with van der Waals surface area (Å²) in [5.74, 6) is 0.136. The van der Waals surface area contributed by atoms with Gasteiger partial charge in [-0.25, -0.2) is 4.98 Å². The number of rotatable bonds is 4. The lowest BCUT2D eigenvalue weighted by Gasteiger charge is -2.18. The van der Waals surface area contributed by atoms with Crippen molar-refractivity contribution in [2.75, 3.05) is 0 Å². The van der Waals surface area contributed by atoms with Crippen LogP contribution in [0.1, 0.15) is 33.3 Å². The number of aromatic nitrogens is 1. The highest BCUT2D eigenvalue weighted by Crippen LogP contribution is 2.40. The molecule has 0 amide bonds. The van der Waals surface area contributed by atoms with E-state index in [-0.39, 0.29) is 5.92 Å². The van der Waals surface area contributed by atoms with Crippen molar-refractivity contribution in [1.29, 1.82) is 0 Å². The lowest BCUT2D eigenvalue weighted by Crippen LogP contribution is -2.05. The van der Waals surface area contributed by atoms with E-state index >= 15 is 0 Å². The molecule has 4 aromatic rings. The summed E-state index contributed by atoms with van der Waals surface area (Å²) in [6.07, 6.45) is 0. The molecule has 128 valence electrons. The normalized spacial score (nSPS) is 12.1. The highest BCUT2D eigenvalue weighted by atomic mass is 32.1. The van der Waals surface area contributed by atoms with Crippen LogP contribution in [0.3, 0.4) is 0 Å². The van der Waals surface area contributed by atoms with Crippen LogP contribution in [0, 0.1) is 13.8 Å². The Morgan fingerprint density at radius 3 is 1.92 bits per heavy atom. The number of thiazole rings is 1. The Bertz CT molecular complexity index is 986. The van der Waals surface area contributed by atoms with E-state index in [0.717, 1.165) is 10.7 Å². The van der Waals surface area contributed by atoms with Crippen molar-refractivity contribution >= 4 is 11.3 Å². The van der Waals surface area contributed by atoms with Gasteiger partial charge in [0.15, 0.2) is 0 Å². The zero-order chi connectivity index (χ0) is 17.9. The van der Waals surface area contributed by atoms with Gasteiger partial charge in [-0.1, -0.05) is 90.5 Å². The molecule has 0 bridgehead atoms. The first-order valence-electron chi connectivity index (χ1n) is 8.86. The molecule has 26 heavy (non-hydrogen) atoms. The summed E-state index contributed by atoms with van der Waals surface area (Å²) >= 11 is 1.78.